The number of rotatable bonds is 3. The highest BCUT2D eigenvalue weighted by molar-refractivity contribution is 5.81. The number of nitrogens with zero attached hydrogens (tertiary/aromatic N) is 3. The summed E-state index contributed by atoms with van der Waals surface area (Å²) in [4.78, 5) is 10.7. The quantitative estimate of drug-likeness (QED) is 0.754. The first-order chi connectivity index (χ1) is 13.1. The van der Waals surface area contributed by atoms with E-state index >= 15 is 0 Å². The fraction of sp³-hybridized carbons (Fsp3) is 0.400. The molecule has 4 rings (SSSR count). The summed E-state index contributed by atoms with van der Waals surface area (Å²) in [6, 6.07) is 8.11. The van der Waals surface area contributed by atoms with E-state index in [0.717, 1.165) is 19.2 Å². The molecular formula is C20H20F3N3O2. The van der Waals surface area contributed by atoms with Crippen molar-refractivity contribution in [2.75, 3.05) is 11.4 Å². The number of hydrogen-bond donors (Lipinski definition) is 0. The van der Waals surface area contributed by atoms with Crippen LogP contribution in [0, 0.1) is 0 Å². The Kier molecular flexibility index (Phi) is 4.15. The monoisotopic (exact) mass is 391 g/mol. The van der Waals surface area contributed by atoms with E-state index in [2.05, 4.69) is 9.98 Å². The molecule has 2 aliphatic rings. The number of benzene rings is 1. The van der Waals surface area contributed by atoms with Gasteiger partial charge in [-0.25, -0.2) is 4.98 Å². The molecule has 5 nitrogen and oxygen atoms in total. The Hall–Kier alpha value is -2.61. The molecule has 0 fully saturated rings. The van der Waals surface area contributed by atoms with Crippen LogP contribution in [0.25, 0.3) is 0 Å². The lowest BCUT2D eigenvalue weighted by molar-refractivity contribution is -0.272. The highest BCUT2D eigenvalue weighted by Gasteiger charge is 2.57. The first kappa shape index (κ1) is 18.7. The SMILES string of the molecule is CC1(C)CN(c2ccc(Oc3ccc4c(c3)C(C)(C(F)(F)F)OC4)nc2)C=N1. The fourth-order valence-electron chi connectivity index (χ4n) is 3.33. The summed E-state index contributed by atoms with van der Waals surface area (Å²) < 4.78 is 51.0. The van der Waals surface area contributed by atoms with Crippen LogP contribution in [0.5, 0.6) is 11.6 Å². The molecule has 28 heavy (non-hydrogen) atoms. The number of halogens is 3. The lowest BCUT2D eigenvalue weighted by Crippen LogP contribution is -2.38. The molecule has 0 spiro atoms. The number of pyridine rings is 1. The van der Waals surface area contributed by atoms with Gasteiger partial charge in [0.15, 0.2) is 5.60 Å². The lowest BCUT2D eigenvalue weighted by Gasteiger charge is -2.27. The van der Waals surface area contributed by atoms with Crippen molar-refractivity contribution >= 4 is 12.0 Å². The molecule has 1 atom stereocenters. The van der Waals surface area contributed by atoms with Crippen molar-refractivity contribution in [1.29, 1.82) is 0 Å². The third-order valence-electron chi connectivity index (χ3n) is 5.03. The summed E-state index contributed by atoms with van der Waals surface area (Å²) in [7, 11) is 0. The van der Waals surface area contributed by atoms with E-state index in [1.54, 1.807) is 30.7 Å². The Labute approximate surface area is 160 Å². The molecule has 2 aromatic rings. The van der Waals surface area contributed by atoms with E-state index in [1.165, 1.54) is 6.07 Å². The summed E-state index contributed by atoms with van der Waals surface area (Å²) in [5.41, 5.74) is -1.03. The molecule has 0 aliphatic carbocycles. The number of alkyl halides is 3. The molecule has 1 unspecified atom stereocenters. The molecule has 2 aliphatic heterocycles. The van der Waals surface area contributed by atoms with Gasteiger partial charge in [0.05, 0.1) is 30.4 Å². The predicted octanol–water partition coefficient (Wildman–Crippen LogP) is 4.81. The third-order valence-corrected chi connectivity index (χ3v) is 5.03. The average molecular weight is 391 g/mol. The largest absolute Gasteiger partial charge is 0.439 e. The second-order valence-electron chi connectivity index (χ2n) is 7.78. The van der Waals surface area contributed by atoms with Crippen LogP contribution in [0.15, 0.2) is 41.5 Å². The highest BCUT2D eigenvalue weighted by Crippen LogP contribution is 2.48. The Bertz CT molecular complexity index is 925. The summed E-state index contributed by atoms with van der Waals surface area (Å²) in [5.74, 6) is 0.579. The standard InChI is InChI=1S/C20H20F3N3O2/c1-18(2)11-26(12-25-18)14-5-7-17(24-9-14)28-15-6-4-13-10-27-19(3,16(13)8-15)20(21,22)23/h4-9,12H,10-11H2,1-3H3. The van der Waals surface area contributed by atoms with Crippen molar-refractivity contribution in [3.63, 3.8) is 0 Å². The van der Waals surface area contributed by atoms with Gasteiger partial charge < -0.3 is 14.4 Å². The van der Waals surface area contributed by atoms with Gasteiger partial charge in [0.25, 0.3) is 0 Å². The number of ether oxygens (including phenoxy) is 2. The van der Waals surface area contributed by atoms with Crippen LogP contribution < -0.4 is 9.64 Å². The van der Waals surface area contributed by atoms with Crippen LogP contribution in [0.1, 0.15) is 31.9 Å². The Morgan fingerprint density at radius 2 is 1.93 bits per heavy atom. The minimum absolute atomic E-state index is 0.0737. The fourth-order valence-corrected chi connectivity index (χ4v) is 3.33. The second-order valence-corrected chi connectivity index (χ2v) is 7.78. The van der Waals surface area contributed by atoms with Gasteiger partial charge in [0.2, 0.25) is 5.88 Å². The molecule has 1 aromatic carbocycles. The zero-order chi connectivity index (χ0) is 20.2. The number of hydrogen-bond acceptors (Lipinski definition) is 5. The summed E-state index contributed by atoms with van der Waals surface area (Å²) in [6.07, 6.45) is -1.09. The van der Waals surface area contributed by atoms with Crippen LogP contribution >= 0.6 is 0 Å². The van der Waals surface area contributed by atoms with E-state index in [0.29, 0.717) is 11.4 Å². The van der Waals surface area contributed by atoms with Crippen molar-refractivity contribution < 1.29 is 22.6 Å². The van der Waals surface area contributed by atoms with Gasteiger partial charge >= 0.3 is 6.18 Å². The third kappa shape index (κ3) is 3.22. The molecular weight excluding hydrogens is 371 g/mol. The molecule has 148 valence electrons. The average Bonchev–Trinajstić information content (AvgIpc) is 3.16. The van der Waals surface area contributed by atoms with E-state index in [4.69, 9.17) is 9.47 Å². The highest BCUT2D eigenvalue weighted by atomic mass is 19.4. The minimum atomic E-state index is -4.51. The molecule has 0 N–H and O–H groups in total. The van der Waals surface area contributed by atoms with Gasteiger partial charge in [-0.05, 0) is 44.5 Å². The molecule has 0 saturated carbocycles. The predicted molar refractivity (Wildman–Crippen MR) is 98.9 cm³/mol. The van der Waals surface area contributed by atoms with Gasteiger partial charge in [0, 0.05) is 18.2 Å². The van der Waals surface area contributed by atoms with Crippen molar-refractivity contribution in [2.45, 2.75) is 44.7 Å². The number of aliphatic imine (C=N–C) groups is 1. The van der Waals surface area contributed by atoms with E-state index in [1.807, 2.05) is 24.8 Å². The molecule has 8 heteroatoms. The van der Waals surface area contributed by atoms with Gasteiger partial charge in [-0.1, -0.05) is 6.07 Å². The molecule has 1 aromatic heterocycles. The van der Waals surface area contributed by atoms with Gasteiger partial charge in [-0.2, -0.15) is 13.2 Å². The summed E-state index contributed by atoms with van der Waals surface area (Å²) in [5, 5.41) is 0. The van der Waals surface area contributed by atoms with Crippen molar-refractivity contribution in [3.05, 3.63) is 47.7 Å². The Balaban J connectivity index is 1.53. The maximum atomic E-state index is 13.4. The van der Waals surface area contributed by atoms with Crippen molar-refractivity contribution in [1.82, 2.24) is 4.98 Å². The molecule has 0 amide bonds. The van der Waals surface area contributed by atoms with Crippen LogP contribution in [0.2, 0.25) is 0 Å². The van der Waals surface area contributed by atoms with E-state index < -0.39 is 11.8 Å². The van der Waals surface area contributed by atoms with Crippen molar-refractivity contribution in [2.24, 2.45) is 4.99 Å². The van der Waals surface area contributed by atoms with Crippen molar-refractivity contribution in [3.8, 4) is 11.6 Å². The Morgan fingerprint density at radius 3 is 2.54 bits per heavy atom. The van der Waals surface area contributed by atoms with Gasteiger partial charge in [-0.15, -0.1) is 0 Å². The summed E-state index contributed by atoms with van der Waals surface area (Å²) in [6.45, 7) is 5.79. The second kappa shape index (κ2) is 6.20. The molecule has 0 radical (unpaired) electrons. The van der Waals surface area contributed by atoms with E-state index in [9.17, 15) is 13.2 Å². The van der Waals surface area contributed by atoms with Gasteiger partial charge in [-0.3, -0.25) is 4.99 Å². The number of aromatic nitrogens is 1. The maximum absolute atomic E-state index is 13.4. The zero-order valence-electron chi connectivity index (χ0n) is 15.7. The lowest BCUT2D eigenvalue weighted by atomic mass is 9.93. The maximum Gasteiger partial charge on any atom is 0.421 e. The normalized spacial score (nSPS) is 23.1. The van der Waals surface area contributed by atoms with Crippen LogP contribution in [-0.2, 0) is 16.9 Å². The first-order valence-corrected chi connectivity index (χ1v) is 8.87. The first-order valence-electron chi connectivity index (χ1n) is 8.87. The zero-order valence-corrected chi connectivity index (χ0v) is 15.7. The van der Waals surface area contributed by atoms with Crippen LogP contribution in [0.4, 0.5) is 18.9 Å². The van der Waals surface area contributed by atoms with Crippen LogP contribution in [-0.4, -0.2) is 29.6 Å². The van der Waals surface area contributed by atoms with E-state index in [-0.39, 0.29) is 23.5 Å². The minimum Gasteiger partial charge on any atom is -0.439 e. The van der Waals surface area contributed by atoms with Crippen LogP contribution in [0.3, 0.4) is 0 Å². The number of fused-ring (bicyclic) bond motifs is 1. The molecule has 3 heterocycles. The van der Waals surface area contributed by atoms with Gasteiger partial charge in [0.1, 0.15) is 5.75 Å². The summed E-state index contributed by atoms with van der Waals surface area (Å²) >= 11 is 0. The Morgan fingerprint density at radius 1 is 1.14 bits per heavy atom. The number of anilines is 1. The molecule has 0 bridgehead atoms. The topological polar surface area (TPSA) is 47.0 Å². The smallest absolute Gasteiger partial charge is 0.421 e. The molecule has 0 saturated heterocycles.